The highest BCUT2D eigenvalue weighted by molar-refractivity contribution is 6.10. The number of carbonyl (C=O) groups excluding carboxylic acids is 2. The minimum absolute atomic E-state index is 0. The van der Waals surface area contributed by atoms with Gasteiger partial charge in [-0.25, -0.2) is 9.97 Å². The van der Waals surface area contributed by atoms with Gasteiger partial charge < -0.3 is 78.1 Å². The minimum Gasteiger partial charge on any atom is -0.382 e. The van der Waals surface area contributed by atoms with Crippen molar-refractivity contribution in [1.82, 2.24) is 44.2 Å². The number of hydrogen-bond donors (Lipinski definition) is 2. The van der Waals surface area contributed by atoms with Gasteiger partial charge in [0, 0.05) is 156 Å². The molecule has 0 unspecified atom stereocenters. The molecule has 4 aromatic heterocycles. The molecule has 0 saturated carbocycles. The van der Waals surface area contributed by atoms with Crippen molar-refractivity contribution in [3.8, 4) is 0 Å². The lowest BCUT2D eigenvalue weighted by atomic mass is 10.1. The fraction of sp³-hybridized carbons (Fsp3) is 0.699. The molecule has 0 atom stereocenters. The van der Waals surface area contributed by atoms with Gasteiger partial charge in [0.15, 0.2) is 11.6 Å². The Morgan fingerprint density at radius 3 is 1.29 bits per heavy atom. The number of ether oxygens (including phenoxy) is 12. The van der Waals surface area contributed by atoms with Crippen LogP contribution in [0.15, 0.2) is 48.7 Å². The number of hydrogen-bond acceptors (Lipinski definition) is 24. The van der Waals surface area contributed by atoms with Crippen LogP contribution < -0.4 is 16.4 Å². The van der Waals surface area contributed by atoms with Crippen molar-refractivity contribution in [3.63, 3.8) is 0 Å². The van der Waals surface area contributed by atoms with Crippen molar-refractivity contribution in [2.45, 2.75) is 106 Å². The molecule has 2 aromatic carbocycles. The average Bonchev–Trinajstić information content (AvgIpc) is 1.60. The van der Waals surface area contributed by atoms with Crippen LogP contribution in [0, 0.1) is 0 Å². The van der Waals surface area contributed by atoms with E-state index < -0.39 is 0 Å². The molecule has 2 fully saturated rings. The molecule has 2 aliphatic rings. The Morgan fingerprint density at radius 1 is 0.424 bits per heavy atom. The lowest BCUT2D eigenvalue weighted by Gasteiger charge is -2.36. The van der Waals surface area contributed by atoms with Gasteiger partial charge in [-0.2, -0.15) is 10.2 Å². The van der Waals surface area contributed by atoms with Gasteiger partial charge in [0.2, 0.25) is 0 Å². The quantitative estimate of drug-likeness (QED) is 0.0345. The predicted octanol–water partition coefficient (Wildman–Crippen LogP) is 7.79. The number of aryl methyl sites for hydroxylation is 2. The standard InChI is InChI=1S/C37H60N6O7.C35H56N6O7.CH4/c1-3-5-12-43-34(35-32-8-6-7-9-33(32)39-37(38)36(35)40-43)10-13-41-14-16-42(17-15-41)18-20-46-22-24-48-26-28-50-30-29-49-27-25-47-23-21-45-19-11-31(44)4-2;1-3-5-9-41-28-32-31-27-29(6-7-33(31)37-35(36)34(32)38-41)40-12-10-39(11-13-40)14-16-44-18-20-46-22-24-48-26-25-47-23-21-45-19-17-43-15-8-30(42)4-2;/h6-9H,3-5,10-30H2,1-2H3,(H2,38,39);6-7,27-28H,3-5,8-26H2,1-2H3,(H2,36,37);1H4. The van der Waals surface area contributed by atoms with Crippen LogP contribution in [-0.4, -0.2) is 286 Å². The van der Waals surface area contributed by atoms with Crippen molar-refractivity contribution < 1.29 is 66.4 Å². The number of nitrogens with zero attached hydrogens (tertiary/aromatic N) is 10. The van der Waals surface area contributed by atoms with E-state index in [1.807, 2.05) is 30.7 Å². The molecule has 0 bridgehead atoms. The van der Waals surface area contributed by atoms with E-state index in [2.05, 4.69) is 84.6 Å². The maximum Gasteiger partial charge on any atom is 0.152 e. The normalized spacial score (nSPS) is 14.1. The number of nitrogen functional groups attached to an aromatic ring is 2. The van der Waals surface area contributed by atoms with E-state index in [0.717, 1.165) is 161 Å². The van der Waals surface area contributed by atoms with Crippen LogP contribution in [0.25, 0.3) is 43.6 Å². The summed E-state index contributed by atoms with van der Waals surface area (Å²) in [4.78, 5) is 41.6. The first-order chi connectivity index (χ1) is 48.2. The van der Waals surface area contributed by atoms with Gasteiger partial charge >= 0.3 is 0 Å². The number of unbranched alkanes of at least 4 members (excludes halogenated alkanes) is 2. The number of nitrogens with two attached hydrogens (primary N) is 2. The first kappa shape index (κ1) is 82.3. The molecule has 0 amide bonds. The molecule has 2 aliphatic heterocycles. The third kappa shape index (κ3) is 30.4. The van der Waals surface area contributed by atoms with Gasteiger partial charge in [-0.3, -0.25) is 28.8 Å². The summed E-state index contributed by atoms with van der Waals surface area (Å²) in [6.45, 7) is 33.6. The number of para-hydroxylation sites is 1. The minimum atomic E-state index is 0. The van der Waals surface area contributed by atoms with Gasteiger partial charge in [0.25, 0.3) is 0 Å². The maximum atomic E-state index is 11.2. The maximum absolute atomic E-state index is 11.2. The number of fused-ring (bicyclic) bond motifs is 6. The Kier molecular flexibility index (Phi) is 41.4. The van der Waals surface area contributed by atoms with Crippen LogP contribution in [0.4, 0.5) is 17.3 Å². The second-order valence-electron chi connectivity index (χ2n) is 24.4. The van der Waals surface area contributed by atoms with E-state index in [-0.39, 0.29) is 19.0 Å². The molecular weight excluding hydrogens is 1270 g/mol. The second kappa shape index (κ2) is 49.8. The Balaban J connectivity index is 0.000000309. The molecule has 26 nitrogen and oxygen atoms in total. The van der Waals surface area contributed by atoms with E-state index in [1.54, 1.807) is 0 Å². The molecule has 0 aliphatic carbocycles. The summed E-state index contributed by atoms with van der Waals surface area (Å²) < 4.78 is 70.7. The number of pyridine rings is 2. The first-order valence-corrected chi connectivity index (χ1v) is 36.2. The lowest BCUT2D eigenvalue weighted by molar-refractivity contribution is -0.120. The van der Waals surface area contributed by atoms with Crippen LogP contribution >= 0.6 is 0 Å². The van der Waals surface area contributed by atoms with Crippen molar-refractivity contribution in [2.75, 3.05) is 247 Å². The SMILES string of the molecule is C.CCCCn1cc2c(n1)c(N)nc1ccc(N3CCN(CCOCCOCCOCCOCCOCCOCCC(=O)CC)CC3)cc12.CCCCn1nc2c(N)nc3ccccc3c2c1CCN1CCN(CCOCCOCCOCCOCCOCCOCCC(=O)CC)CC1. The summed E-state index contributed by atoms with van der Waals surface area (Å²) in [6, 6.07) is 14.7. The Bertz CT molecular complexity index is 3140. The Morgan fingerprint density at radius 2 is 0.828 bits per heavy atom. The third-order valence-corrected chi connectivity index (χ3v) is 17.2. The summed E-state index contributed by atoms with van der Waals surface area (Å²) in [5.41, 5.74) is 18.6. The van der Waals surface area contributed by atoms with E-state index >= 15 is 0 Å². The molecule has 2 saturated heterocycles. The summed E-state index contributed by atoms with van der Waals surface area (Å²) in [7, 11) is 0. The Hall–Kier alpha value is -5.66. The molecule has 99 heavy (non-hydrogen) atoms. The second-order valence-corrected chi connectivity index (χ2v) is 24.4. The van der Waals surface area contributed by atoms with Crippen molar-refractivity contribution in [3.05, 3.63) is 54.4 Å². The summed E-state index contributed by atoms with van der Waals surface area (Å²) in [5.74, 6) is 1.45. The number of benzene rings is 2. The number of ketones is 2. The highest BCUT2D eigenvalue weighted by Crippen LogP contribution is 2.33. The molecule has 6 heterocycles. The number of aromatic nitrogens is 6. The molecular formula is C73H120N12O14. The summed E-state index contributed by atoms with van der Waals surface area (Å²) in [6.07, 6.45) is 9.54. The Labute approximate surface area is 588 Å². The van der Waals surface area contributed by atoms with Crippen LogP contribution in [-0.2, 0) is 85.9 Å². The van der Waals surface area contributed by atoms with Crippen LogP contribution in [0.5, 0.6) is 0 Å². The number of rotatable bonds is 54. The molecule has 26 heteroatoms. The number of carbonyl (C=O) groups is 2. The zero-order valence-electron chi connectivity index (χ0n) is 59.5. The molecule has 0 spiro atoms. The van der Waals surface area contributed by atoms with Crippen molar-refractivity contribution in [2.24, 2.45) is 0 Å². The van der Waals surface area contributed by atoms with Crippen molar-refractivity contribution in [1.29, 1.82) is 0 Å². The van der Waals surface area contributed by atoms with Gasteiger partial charge in [-0.15, -0.1) is 0 Å². The van der Waals surface area contributed by atoms with E-state index in [9.17, 15) is 9.59 Å². The van der Waals surface area contributed by atoms with Crippen LogP contribution in [0.2, 0.25) is 0 Å². The first-order valence-electron chi connectivity index (χ1n) is 36.2. The molecule has 0 radical (unpaired) electrons. The van der Waals surface area contributed by atoms with Crippen molar-refractivity contribution >= 4 is 72.5 Å². The zero-order chi connectivity index (χ0) is 69.0. The van der Waals surface area contributed by atoms with E-state index in [0.29, 0.717) is 196 Å². The van der Waals surface area contributed by atoms with Crippen LogP contribution in [0.1, 0.15) is 92.2 Å². The molecule has 4 N–H and O–H groups in total. The molecule has 6 aromatic rings. The predicted molar refractivity (Wildman–Crippen MR) is 390 cm³/mol. The van der Waals surface area contributed by atoms with Gasteiger partial charge in [-0.1, -0.05) is 66.2 Å². The number of piperazine rings is 2. The van der Waals surface area contributed by atoms with Crippen LogP contribution in [0.3, 0.4) is 0 Å². The molecule has 8 rings (SSSR count). The third-order valence-electron chi connectivity index (χ3n) is 17.2. The largest absolute Gasteiger partial charge is 0.382 e. The smallest absolute Gasteiger partial charge is 0.152 e. The van der Waals surface area contributed by atoms with Gasteiger partial charge in [0.1, 0.15) is 22.6 Å². The highest BCUT2D eigenvalue weighted by Gasteiger charge is 2.23. The average molecular weight is 1390 g/mol. The number of anilines is 3. The topological polar surface area (TPSA) is 271 Å². The highest BCUT2D eigenvalue weighted by atomic mass is 16.6. The molecule has 556 valence electrons. The van der Waals surface area contributed by atoms with Gasteiger partial charge in [0.05, 0.1) is 170 Å². The fourth-order valence-corrected chi connectivity index (χ4v) is 11.4. The summed E-state index contributed by atoms with van der Waals surface area (Å²) in [5, 5.41) is 14.1. The van der Waals surface area contributed by atoms with E-state index in [4.69, 9.17) is 78.5 Å². The summed E-state index contributed by atoms with van der Waals surface area (Å²) >= 11 is 0. The van der Waals surface area contributed by atoms with E-state index in [1.165, 1.54) is 11.4 Å². The fourth-order valence-electron chi connectivity index (χ4n) is 11.4. The van der Waals surface area contributed by atoms with Gasteiger partial charge in [-0.05, 0) is 37.1 Å². The number of Topliss-reactive ketones (excluding diaryl/α,β-unsaturated/α-hetero) is 2. The zero-order valence-corrected chi connectivity index (χ0v) is 59.5. The lowest BCUT2D eigenvalue weighted by Crippen LogP contribution is -2.47. The monoisotopic (exact) mass is 1390 g/mol.